The molecular formula is C15H16N4O2S. The van der Waals surface area contributed by atoms with Gasteiger partial charge >= 0.3 is 0 Å². The fraction of sp³-hybridized carbons (Fsp3) is 0.333. The Bertz CT molecular complexity index is 819. The fourth-order valence-electron chi connectivity index (χ4n) is 3.18. The van der Waals surface area contributed by atoms with Gasteiger partial charge in [0.15, 0.2) is 5.84 Å². The van der Waals surface area contributed by atoms with Crippen LogP contribution in [-0.2, 0) is 10.0 Å². The van der Waals surface area contributed by atoms with Gasteiger partial charge in [-0.15, -0.1) is 4.40 Å². The number of likely N-dealkylation sites (tertiary alicyclic amines) is 1. The summed E-state index contributed by atoms with van der Waals surface area (Å²) in [6.07, 6.45) is 7.52. The molecule has 1 aromatic heterocycles. The van der Waals surface area contributed by atoms with Gasteiger partial charge in [0.1, 0.15) is 4.90 Å². The molecule has 0 amide bonds. The van der Waals surface area contributed by atoms with Crippen molar-refractivity contribution >= 4 is 15.9 Å². The zero-order valence-corrected chi connectivity index (χ0v) is 12.8. The molecular weight excluding hydrogens is 300 g/mol. The van der Waals surface area contributed by atoms with Gasteiger partial charge < -0.3 is 9.47 Å². The van der Waals surface area contributed by atoms with E-state index in [1.165, 1.54) is 0 Å². The van der Waals surface area contributed by atoms with Gasteiger partial charge in [-0.1, -0.05) is 12.1 Å². The van der Waals surface area contributed by atoms with E-state index in [0.29, 0.717) is 16.8 Å². The van der Waals surface area contributed by atoms with Gasteiger partial charge in [-0.2, -0.15) is 8.42 Å². The van der Waals surface area contributed by atoms with Crippen LogP contribution in [0, 0.1) is 0 Å². The highest BCUT2D eigenvalue weighted by Crippen LogP contribution is 2.30. The monoisotopic (exact) mass is 316 g/mol. The van der Waals surface area contributed by atoms with Crippen molar-refractivity contribution in [1.29, 1.82) is 0 Å². The molecule has 1 saturated heterocycles. The SMILES string of the molecule is O=S1(=O)N=C(N2CCC(n3ccnc3)CC2)c2ccccc21. The van der Waals surface area contributed by atoms with E-state index in [9.17, 15) is 8.42 Å². The summed E-state index contributed by atoms with van der Waals surface area (Å²) in [5, 5.41) is 0. The summed E-state index contributed by atoms with van der Waals surface area (Å²) in [5.41, 5.74) is 0.726. The zero-order chi connectivity index (χ0) is 15.2. The molecule has 6 nitrogen and oxygen atoms in total. The van der Waals surface area contributed by atoms with Crippen molar-refractivity contribution in [3.05, 3.63) is 48.5 Å². The third-order valence-electron chi connectivity index (χ3n) is 4.32. The lowest BCUT2D eigenvalue weighted by Gasteiger charge is -2.33. The molecule has 114 valence electrons. The molecule has 4 rings (SSSR count). The predicted octanol–water partition coefficient (Wildman–Crippen LogP) is 1.67. The average Bonchev–Trinajstić information content (AvgIpc) is 3.15. The maximum absolute atomic E-state index is 12.1. The standard InChI is InChI=1S/C15H16N4O2S/c20-22(21)14-4-2-1-3-13(14)15(17-22)18-8-5-12(6-9-18)19-10-7-16-11-19/h1-4,7,10-12H,5-6,8-9H2. The largest absolute Gasteiger partial charge is 0.355 e. The van der Waals surface area contributed by atoms with Crippen LogP contribution in [0.15, 0.2) is 52.3 Å². The first-order valence-corrected chi connectivity index (χ1v) is 8.76. The number of hydrogen-bond acceptors (Lipinski definition) is 4. The predicted molar refractivity (Wildman–Crippen MR) is 82.2 cm³/mol. The molecule has 0 spiro atoms. The summed E-state index contributed by atoms with van der Waals surface area (Å²) in [5.74, 6) is 0.597. The third kappa shape index (κ3) is 2.12. The number of rotatable bonds is 1. The van der Waals surface area contributed by atoms with E-state index >= 15 is 0 Å². The van der Waals surface area contributed by atoms with Crippen LogP contribution in [-0.4, -0.2) is 41.8 Å². The van der Waals surface area contributed by atoms with Gasteiger partial charge in [0.25, 0.3) is 10.0 Å². The second-order valence-electron chi connectivity index (χ2n) is 5.61. The summed E-state index contributed by atoms with van der Waals surface area (Å²) in [6.45, 7) is 1.59. The third-order valence-corrected chi connectivity index (χ3v) is 5.65. The Kier molecular flexibility index (Phi) is 3.04. The lowest BCUT2D eigenvalue weighted by atomic mass is 10.0. The summed E-state index contributed by atoms with van der Waals surface area (Å²) in [6, 6.07) is 7.47. The Morgan fingerprint density at radius 2 is 1.91 bits per heavy atom. The first-order chi connectivity index (χ1) is 10.6. The van der Waals surface area contributed by atoms with Crippen LogP contribution in [0.4, 0.5) is 0 Å². The molecule has 1 fully saturated rings. The molecule has 0 saturated carbocycles. The molecule has 22 heavy (non-hydrogen) atoms. The number of sulfonamides is 1. The van der Waals surface area contributed by atoms with E-state index in [4.69, 9.17) is 0 Å². The molecule has 3 heterocycles. The minimum atomic E-state index is -3.53. The first-order valence-electron chi connectivity index (χ1n) is 7.32. The van der Waals surface area contributed by atoms with Gasteiger partial charge in [-0.05, 0) is 25.0 Å². The number of fused-ring (bicyclic) bond motifs is 1. The van der Waals surface area contributed by atoms with Crippen LogP contribution in [0.1, 0.15) is 24.4 Å². The zero-order valence-electron chi connectivity index (χ0n) is 12.0. The van der Waals surface area contributed by atoms with Crippen molar-refractivity contribution in [1.82, 2.24) is 14.5 Å². The summed E-state index contributed by atoms with van der Waals surface area (Å²) >= 11 is 0. The first kappa shape index (κ1) is 13.5. The quantitative estimate of drug-likeness (QED) is 0.802. The number of aromatic nitrogens is 2. The van der Waals surface area contributed by atoms with Crippen molar-refractivity contribution in [3.63, 3.8) is 0 Å². The molecule has 0 bridgehead atoms. The Labute approximate surface area is 129 Å². The van der Waals surface area contributed by atoms with Gasteiger partial charge in [0, 0.05) is 37.1 Å². The average molecular weight is 316 g/mol. The van der Waals surface area contributed by atoms with E-state index in [2.05, 4.69) is 18.8 Å². The molecule has 2 aromatic rings. The summed E-state index contributed by atoms with van der Waals surface area (Å²) < 4.78 is 30.4. The van der Waals surface area contributed by atoms with Crippen LogP contribution in [0.5, 0.6) is 0 Å². The van der Waals surface area contributed by atoms with Gasteiger partial charge in [-0.25, -0.2) is 4.98 Å². The molecule has 2 aliphatic rings. The molecule has 0 radical (unpaired) electrons. The second kappa shape index (κ2) is 4.95. The van der Waals surface area contributed by atoms with Crippen LogP contribution >= 0.6 is 0 Å². The van der Waals surface area contributed by atoms with Crippen molar-refractivity contribution in [3.8, 4) is 0 Å². The van der Waals surface area contributed by atoms with Crippen LogP contribution in [0.2, 0.25) is 0 Å². The maximum Gasteiger partial charge on any atom is 0.285 e. The van der Waals surface area contributed by atoms with Crippen molar-refractivity contribution in [2.75, 3.05) is 13.1 Å². The second-order valence-corrected chi connectivity index (χ2v) is 7.19. The minimum absolute atomic E-state index is 0.321. The van der Waals surface area contributed by atoms with Crippen LogP contribution in [0.3, 0.4) is 0 Å². The number of hydrogen-bond donors (Lipinski definition) is 0. The smallest absolute Gasteiger partial charge is 0.285 e. The van der Waals surface area contributed by atoms with E-state index in [1.54, 1.807) is 18.3 Å². The number of nitrogens with zero attached hydrogens (tertiary/aromatic N) is 4. The molecule has 0 N–H and O–H groups in total. The van der Waals surface area contributed by atoms with Crippen LogP contribution in [0.25, 0.3) is 0 Å². The minimum Gasteiger partial charge on any atom is -0.355 e. The molecule has 0 aliphatic carbocycles. The number of piperidine rings is 1. The van der Waals surface area contributed by atoms with Gasteiger partial charge in [0.2, 0.25) is 0 Å². The highest BCUT2D eigenvalue weighted by atomic mass is 32.2. The fourth-order valence-corrected chi connectivity index (χ4v) is 4.41. The van der Waals surface area contributed by atoms with Crippen molar-refractivity contribution in [2.45, 2.75) is 23.8 Å². The molecule has 7 heteroatoms. The van der Waals surface area contributed by atoms with E-state index in [0.717, 1.165) is 31.5 Å². The van der Waals surface area contributed by atoms with Gasteiger partial charge in [0.05, 0.1) is 6.33 Å². The summed E-state index contributed by atoms with van der Waals surface area (Å²) in [4.78, 5) is 6.49. The Balaban J connectivity index is 1.58. The lowest BCUT2D eigenvalue weighted by molar-refractivity contribution is 0.267. The summed E-state index contributed by atoms with van der Waals surface area (Å²) in [7, 11) is -3.53. The van der Waals surface area contributed by atoms with Crippen molar-refractivity contribution < 1.29 is 8.42 Å². The number of benzene rings is 1. The normalized spacial score (nSPS) is 20.7. The Hall–Kier alpha value is -2.15. The Morgan fingerprint density at radius 1 is 1.14 bits per heavy atom. The van der Waals surface area contributed by atoms with E-state index in [1.807, 2.05) is 24.7 Å². The molecule has 0 atom stereocenters. The number of amidine groups is 1. The highest BCUT2D eigenvalue weighted by Gasteiger charge is 2.33. The van der Waals surface area contributed by atoms with Gasteiger partial charge in [-0.3, -0.25) is 0 Å². The topological polar surface area (TPSA) is 67.6 Å². The molecule has 2 aliphatic heterocycles. The molecule has 0 unspecified atom stereocenters. The van der Waals surface area contributed by atoms with Crippen LogP contribution < -0.4 is 0 Å². The van der Waals surface area contributed by atoms with E-state index < -0.39 is 10.0 Å². The highest BCUT2D eigenvalue weighted by molar-refractivity contribution is 7.90. The lowest BCUT2D eigenvalue weighted by Crippen LogP contribution is -2.38. The Morgan fingerprint density at radius 3 is 2.64 bits per heavy atom. The number of imidazole rings is 1. The molecule has 1 aromatic carbocycles. The maximum atomic E-state index is 12.1. The van der Waals surface area contributed by atoms with E-state index in [-0.39, 0.29) is 0 Å². The van der Waals surface area contributed by atoms with Crippen molar-refractivity contribution in [2.24, 2.45) is 4.40 Å².